The third-order valence-corrected chi connectivity index (χ3v) is 0. The minimum absolute atomic E-state index is 0. The molecule has 0 aliphatic heterocycles. The summed E-state index contributed by atoms with van der Waals surface area (Å²) >= 11 is 0. The smallest absolute Gasteiger partial charge is 0 e. The second-order valence-corrected chi connectivity index (χ2v) is 0. The standard InChI is InChI=1S/CH5P.CH4.2V.W/c1-2;;;;/h2H2,1H3;1H4;;;. The summed E-state index contributed by atoms with van der Waals surface area (Å²) in [6, 6.07) is 0. The Labute approximate surface area is 80.8 Å². The average Bonchev–Trinajstić information content (AvgIpc) is 1.00. The first-order chi connectivity index (χ1) is 1.00. The molecule has 1 unspecified atom stereocenters. The second-order valence-electron chi connectivity index (χ2n) is 0. The van der Waals surface area contributed by atoms with Crippen molar-refractivity contribution in [2.24, 2.45) is 0 Å². The molecule has 0 N–H and O–H groups in total. The summed E-state index contributed by atoms with van der Waals surface area (Å²) < 4.78 is 0. The molecule has 0 aliphatic carbocycles. The third kappa shape index (κ3) is 33.6. The second kappa shape index (κ2) is 55.1. The maximum atomic E-state index is 2.42. The Morgan fingerprint density at radius 1 is 1.00 bits per heavy atom. The van der Waals surface area contributed by atoms with Gasteiger partial charge in [-0.25, -0.2) is 0 Å². The fourth-order valence-electron chi connectivity index (χ4n) is 0. The van der Waals surface area contributed by atoms with E-state index < -0.39 is 0 Å². The normalized spacial score (nSPS) is 1.00. The van der Waals surface area contributed by atoms with Gasteiger partial charge in [0.25, 0.3) is 0 Å². The largest absolute Gasteiger partial charge is 0.141 e. The van der Waals surface area contributed by atoms with Crippen molar-refractivity contribution in [3.8, 4) is 0 Å². The molecule has 0 spiro atoms. The van der Waals surface area contributed by atoms with Crippen LogP contribution in [0.25, 0.3) is 0 Å². The molecule has 0 rings (SSSR count). The van der Waals surface area contributed by atoms with Crippen molar-refractivity contribution in [1.29, 1.82) is 0 Å². The molecule has 2 radical (unpaired) electrons. The van der Waals surface area contributed by atoms with Gasteiger partial charge < -0.3 is 0 Å². The van der Waals surface area contributed by atoms with E-state index in [-0.39, 0.29) is 65.6 Å². The number of hydrogen-bond donors (Lipinski definition) is 0. The third-order valence-electron chi connectivity index (χ3n) is 0. The molecule has 0 aliphatic rings. The van der Waals surface area contributed by atoms with E-state index >= 15 is 0 Å². The summed E-state index contributed by atoms with van der Waals surface area (Å²) in [5, 5.41) is 0. The fraction of sp³-hybridized carbons (Fsp3) is 1.00. The fourth-order valence-corrected chi connectivity index (χ4v) is 0. The van der Waals surface area contributed by atoms with E-state index in [0.29, 0.717) is 0 Å². The molecular weight excluding hydrogens is 341 g/mol. The van der Waals surface area contributed by atoms with Crippen molar-refractivity contribution >= 4 is 9.24 Å². The Balaban J connectivity index is -0.000000000833. The van der Waals surface area contributed by atoms with Crippen LogP contribution in [0, 0.1) is 0 Å². The van der Waals surface area contributed by atoms with Crippen LogP contribution in [0.1, 0.15) is 7.43 Å². The van der Waals surface area contributed by atoms with Crippen molar-refractivity contribution in [2.45, 2.75) is 7.43 Å². The molecule has 0 amide bonds. The summed E-state index contributed by atoms with van der Waals surface area (Å²) in [5.74, 6) is 0. The van der Waals surface area contributed by atoms with E-state index in [0.717, 1.165) is 0 Å². The van der Waals surface area contributed by atoms with Crippen LogP contribution in [-0.2, 0) is 58.2 Å². The van der Waals surface area contributed by atoms with Crippen molar-refractivity contribution in [3.63, 3.8) is 0 Å². The van der Waals surface area contributed by atoms with Crippen LogP contribution in [0.3, 0.4) is 0 Å². The van der Waals surface area contributed by atoms with E-state index in [1.807, 2.05) is 6.66 Å². The summed E-state index contributed by atoms with van der Waals surface area (Å²) in [6.07, 6.45) is 0. The zero-order chi connectivity index (χ0) is 2.00. The van der Waals surface area contributed by atoms with Gasteiger partial charge in [-0.05, 0) is 0 Å². The molecule has 0 aromatic carbocycles. The van der Waals surface area contributed by atoms with Crippen LogP contribution in [0.2, 0.25) is 0 Å². The minimum Gasteiger partial charge on any atom is -0.141 e. The van der Waals surface area contributed by atoms with Gasteiger partial charge in [-0.3, -0.25) is 0 Å². The maximum Gasteiger partial charge on any atom is 0 e. The maximum absolute atomic E-state index is 2.42. The molecular formula is C2H9PV2W. The summed E-state index contributed by atoms with van der Waals surface area (Å²) in [5.41, 5.74) is 0. The average molecular weight is 350 g/mol. The SMILES string of the molecule is C.CP.[V].[V].[W]. The molecule has 0 saturated heterocycles. The Kier molecular flexibility index (Phi) is 374. The van der Waals surface area contributed by atoms with Crippen molar-refractivity contribution in [1.82, 2.24) is 0 Å². The Morgan fingerprint density at radius 2 is 1.00 bits per heavy atom. The topological polar surface area (TPSA) is 0 Å². The van der Waals surface area contributed by atoms with Crippen molar-refractivity contribution in [2.75, 3.05) is 6.66 Å². The van der Waals surface area contributed by atoms with Gasteiger partial charge in [-0.15, -0.1) is 9.24 Å². The van der Waals surface area contributed by atoms with Crippen molar-refractivity contribution in [3.05, 3.63) is 0 Å². The van der Waals surface area contributed by atoms with Gasteiger partial charge >= 0.3 is 0 Å². The molecule has 6 heavy (non-hydrogen) atoms. The predicted octanol–water partition coefficient (Wildman–Crippen LogP) is 1.12. The molecule has 0 saturated carbocycles. The van der Waals surface area contributed by atoms with E-state index in [1.165, 1.54) is 0 Å². The van der Waals surface area contributed by atoms with Crippen LogP contribution in [-0.4, -0.2) is 6.66 Å². The zero-order valence-corrected chi connectivity index (χ0v) is 9.76. The molecule has 1 atom stereocenters. The van der Waals surface area contributed by atoms with Crippen LogP contribution in [0.4, 0.5) is 0 Å². The van der Waals surface area contributed by atoms with Crippen LogP contribution in [0.15, 0.2) is 0 Å². The van der Waals surface area contributed by atoms with Crippen LogP contribution < -0.4 is 0 Å². The van der Waals surface area contributed by atoms with Gasteiger partial charge in [0.1, 0.15) is 0 Å². The summed E-state index contributed by atoms with van der Waals surface area (Å²) in [7, 11) is 2.42. The zero-order valence-electron chi connectivity index (χ0n) is 2.88. The molecule has 38 valence electrons. The van der Waals surface area contributed by atoms with Gasteiger partial charge in [0.2, 0.25) is 0 Å². The first-order valence-corrected chi connectivity index (χ1v) is 1.73. The molecule has 0 fully saturated rings. The molecule has 0 nitrogen and oxygen atoms in total. The van der Waals surface area contributed by atoms with Crippen LogP contribution in [0.5, 0.6) is 0 Å². The molecule has 0 bridgehead atoms. The molecule has 0 aromatic heterocycles. The van der Waals surface area contributed by atoms with Gasteiger partial charge in [-0.2, -0.15) is 0 Å². The summed E-state index contributed by atoms with van der Waals surface area (Å²) in [4.78, 5) is 0. The molecule has 0 aromatic rings. The Morgan fingerprint density at radius 3 is 1.00 bits per heavy atom. The first-order valence-electron chi connectivity index (χ1n) is 0.577. The predicted molar refractivity (Wildman–Crippen MR) is 22.4 cm³/mol. The van der Waals surface area contributed by atoms with Crippen LogP contribution >= 0.6 is 9.24 Å². The Bertz CT molecular complexity index is 11.5. The van der Waals surface area contributed by atoms with Gasteiger partial charge in [0.05, 0.1) is 0 Å². The Hall–Kier alpha value is 2.29. The monoisotopic (exact) mass is 350 g/mol. The van der Waals surface area contributed by atoms with Gasteiger partial charge in [0, 0.05) is 58.2 Å². The number of rotatable bonds is 0. The van der Waals surface area contributed by atoms with E-state index in [1.54, 1.807) is 0 Å². The quantitative estimate of drug-likeness (QED) is 0.575. The molecule has 0 heterocycles. The summed E-state index contributed by atoms with van der Waals surface area (Å²) in [6.45, 7) is 1.92. The van der Waals surface area contributed by atoms with Gasteiger partial charge in [-0.1, -0.05) is 14.1 Å². The van der Waals surface area contributed by atoms with E-state index in [2.05, 4.69) is 9.24 Å². The molecule has 4 heteroatoms. The number of hydrogen-bond acceptors (Lipinski definition) is 0. The van der Waals surface area contributed by atoms with E-state index in [9.17, 15) is 0 Å². The van der Waals surface area contributed by atoms with Gasteiger partial charge in [0.15, 0.2) is 0 Å². The van der Waals surface area contributed by atoms with E-state index in [4.69, 9.17) is 0 Å². The van der Waals surface area contributed by atoms with Crippen molar-refractivity contribution < 1.29 is 58.2 Å². The first kappa shape index (κ1) is 40.7. The minimum atomic E-state index is 0.